The van der Waals surface area contributed by atoms with Crippen LogP contribution in [0.2, 0.25) is 0 Å². The van der Waals surface area contributed by atoms with E-state index >= 15 is 0 Å². The van der Waals surface area contributed by atoms with Crippen LogP contribution in [-0.2, 0) is 12.8 Å². The van der Waals surface area contributed by atoms with Gasteiger partial charge in [0, 0.05) is 6.04 Å². The first kappa shape index (κ1) is 12.4. The van der Waals surface area contributed by atoms with E-state index in [9.17, 15) is 0 Å². The molecule has 0 amide bonds. The molecule has 0 unspecified atom stereocenters. The Morgan fingerprint density at radius 2 is 1.79 bits per heavy atom. The summed E-state index contributed by atoms with van der Waals surface area (Å²) in [7, 11) is 0. The summed E-state index contributed by atoms with van der Waals surface area (Å²) < 4.78 is 0. The van der Waals surface area contributed by atoms with Crippen LogP contribution in [0.1, 0.15) is 47.6 Å². The lowest BCUT2D eigenvalue weighted by atomic mass is 9.94. The molecule has 0 radical (unpaired) electrons. The maximum Gasteiger partial charge on any atom is 0.0297 e. The first-order valence-corrected chi connectivity index (χ1v) is 7.24. The van der Waals surface area contributed by atoms with Crippen LogP contribution in [0, 0.1) is 0 Å². The third-order valence-electron chi connectivity index (χ3n) is 4.07. The van der Waals surface area contributed by atoms with Gasteiger partial charge in [0.2, 0.25) is 0 Å². The highest BCUT2D eigenvalue weighted by atomic mass is 14.6. The molecule has 1 nitrogen and oxygen atoms in total. The normalized spacial score (nSPS) is 18.7. The van der Waals surface area contributed by atoms with Gasteiger partial charge in [0.1, 0.15) is 0 Å². The molecule has 2 aromatic carbocycles. The average Bonchev–Trinajstić information content (AvgIpc) is 2.62. The lowest BCUT2D eigenvalue weighted by Gasteiger charge is -2.14. The van der Waals surface area contributed by atoms with E-state index in [0.717, 1.165) is 12.8 Å². The van der Waals surface area contributed by atoms with Crippen molar-refractivity contribution in [1.29, 1.82) is 0 Å². The fraction of sp³-hybridized carbons (Fsp3) is 0.333. The van der Waals surface area contributed by atoms with E-state index in [-0.39, 0.29) is 6.04 Å². The molecule has 0 saturated carbocycles. The maximum absolute atomic E-state index is 6.31. The summed E-state index contributed by atoms with van der Waals surface area (Å²) in [6.07, 6.45) is 5.85. The first-order valence-electron chi connectivity index (χ1n) is 7.24. The van der Waals surface area contributed by atoms with Crippen LogP contribution < -0.4 is 5.73 Å². The quantitative estimate of drug-likeness (QED) is 0.802. The highest BCUT2D eigenvalue weighted by Gasteiger charge is 2.15. The second-order valence-corrected chi connectivity index (χ2v) is 5.55. The Morgan fingerprint density at radius 1 is 0.947 bits per heavy atom. The molecule has 19 heavy (non-hydrogen) atoms. The van der Waals surface area contributed by atoms with E-state index in [2.05, 4.69) is 48.5 Å². The van der Waals surface area contributed by atoms with E-state index in [0.29, 0.717) is 0 Å². The third kappa shape index (κ3) is 2.87. The van der Waals surface area contributed by atoms with Crippen molar-refractivity contribution in [1.82, 2.24) is 0 Å². The Morgan fingerprint density at radius 3 is 2.63 bits per heavy atom. The Hall–Kier alpha value is -1.60. The van der Waals surface area contributed by atoms with E-state index in [1.807, 2.05) is 0 Å². The standard InChI is InChI=1S/C18H21N/c19-18-9-5-4-8-16-11-10-15(13-17(16)18)12-14-6-2-1-3-7-14/h1-3,6-7,10-11,13,18H,4-5,8-9,12,19H2/t18-/m0/s1. The van der Waals surface area contributed by atoms with Crippen molar-refractivity contribution in [2.45, 2.75) is 38.1 Å². The van der Waals surface area contributed by atoms with E-state index in [1.165, 1.54) is 41.5 Å². The van der Waals surface area contributed by atoms with Gasteiger partial charge >= 0.3 is 0 Å². The van der Waals surface area contributed by atoms with Gasteiger partial charge in [0.15, 0.2) is 0 Å². The summed E-state index contributed by atoms with van der Waals surface area (Å²) in [5.41, 5.74) is 11.9. The zero-order valence-corrected chi connectivity index (χ0v) is 11.3. The van der Waals surface area contributed by atoms with Crippen LogP contribution in [-0.4, -0.2) is 0 Å². The lowest BCUT2D eigenvalue weighted by molar-refractivity contribution is 0.615. The van der Waals surface area contributed by atoms with Crippen molar-refractivity contribution in [2.24, 2.45) is 5.73 Å². The maximum atomic E-state index is 6.31. The largest absolute Gasteiger partial charge is 0.324 e. The predicted molar refractivity (Wildman–Crippen MR) is 80.2 cm³/mol. The van der Waals surface area contributed by atoms with Crippen molar-refractivity contribution in [2.75, 3.05) is 0 Å². The molecular formula is C18H21N. The number of aryl methyl sites for hydroxylation is 1. The smallest absolute Gasteiger partial charge is 0.0297 e. The monoisotopic (exact) mass is 251 g/mol. The number of fused-ring (bicyclic) bond motifs is 1. The topological polar surface area (TPSA) is 26.0 Å². The van der Waals surface area contributed by atoms with Gasteiger partial charge < -0.3 is 5.73 Å². The highest BCUT2D eigenvalue weighted by molar-refractivity contribution is 5.37. The van der Waals surface area contributed by atoms with Gasteiger partial charge in [-0.05, 0) is 47.9 Å². The van der Waals surface area contributed by atoms with Crippen molar-refractivity contribution >= 4 is 0 Å². The van der Waals surface area contributed by atoms with Crippen LogP contribution in [0.15, 0.2) is 48.5 Å². The van der Waals surface area contributed by atoms with E-state index in [1.54, 1.807) is 0 Å². The molecule has 0 saturated heterocycles. The molecule has 0 aliphatic heterocycles. The molecule has 98 valence electrons. The number of hydrogen-bond acceptors (Lipinski definition) is 1. The molecule has 0 aromatic heterocycles. The van der Waals surface area contributed by atoms with Gasteiger partial charge in [0.25, 0.3) is 0 Å². The summed E-state index contributed by atoms with van der Waals surface area (Å²) in [6, 6.07) is 17.8. The molecule has 1 heteroatoms. The molecule has 1 atom stereocenters. The Labute approximate surface area is 115 Å². The summed E-state index contributed by atoms with van der Waals surface area (Å²) in [5, 5.41) is 0. The first-order chi connectivity index (χ1) is 9.33. The van der Waals surface area contributed by atoms with Crippen LogP contribution >= 0.6 is 0 Å². The Kier molecular flexibility index (Phi) is 3.65. The van der Waals surface area contributed by atoms with Crippen molar-refractivity contribution in [3.63, 3.8) is 0 Å². The lowest BCUT2D eigenvalue weighted by Crippen LogP contribution is -2.11. The fourth-order valence-electron chi connectivity index (χ4n) is 2.99. The van der Waals surface area contributed by atoms with Crippen LogP contribution in [0.5, 0.6) is 0 Å². The molecule has 0 spiro atoms. The van der Waals surface area contributed by atoms with Gasteiger partial charge in [-0.25, -0.2) is 0 Å². The average molecular weight is 251 g/mol. The van der Waals surface area contributed by atoms with Crippen molar-refractivity contribution in [3.05, 3.63) is 70.8 Å². The molecule has 1 aliphatic rings. The van der Waals surface area contributed by atoms with Crippen LogP contribution in [0.3, 0.4) is 0 Å². The minimum absolute atomic E-state index is 0.230. The minimum Gasteiger partial charge on any atom is -0.324 e. The third-order valence-corrected chi connectivity index (χ3v) is 4.07. The van der Waals surface area contributed by atoms with Gasteiger partial charge in [0.05, 0.1) is 0 Å². The zero-order chi connectivity index (χ0) is 13.1. The van der Waals surface area contributed by atoms with Crippen LogP contribution in [0.4, 0.5) is 0 Å². The van der Waals surface area contributed by atoms with Gasteiger partial charge in [-0.2, -0.15) is 0 Å². The second kappa shape index (κ2) is 5.58. The highest BCUT2D eigenvalue weighted by Crippen LogP contribution is 2.28. The molecule has 2 aromatic rings. The minimum atomic E-state index is 0.230. The van der Waals surface area contributed by atoms with E-state index < -0.39 is 0 Å². The fourth-order valence-corrected chi connectivity index (χ4v) is 2.99. The zero-order valence-electron chi connectivity index (χ0n) is 11.3. The Bertz CT molecular complexity index is 545. The number of rotatable bonds is 2. The van der Waals surface area contributed by atoms with Crippen molar-refractivity contribution < 1.29 is 0 Å². The predicted octanol–water partition coefficient (Wildman–Crippen LogP) is 4.00. The van der Waals surface area contributed by atoms with Gasteiger partial charge in [-0.3, -0.25) is 0 Å². The summed E-state index contributed by atoms with van der Waals surface area (Å²) in [5.74, 6) is 0. The van der Waals surface area contributed by atoms with E-state index in [4.69, 9.17) is 5.73 Å². The van der Waals surface area contributed by atoms with Crippen LogP contribution in [0.25, 0.3) is 0 Å². The number of nitrogens with two attached hydrogens (primary N) is 1. The van der Waals surface area contributed by atoms with Crippen molar-refractivity contribution in [3.8, 4) is 0 Å². The summed E-state index contributed by atoms with van der Waals surface area (Å²) in [4.78, 5) is 0. The second-order valence-electron chi connectivity index (χ2n) is 5.55. The molecule has 1 aliphatic carbocycles. The van der Waals surface area contributed by atoms with Gasteiger partial charge in [-0.15, -0.1) is 0 Å². The molecule has 0 fully saturated rings. The molecule has 2 N–H and O–H groups in total. The number of hydrogen-bond donors (Lipinski definition) is 1. The molecule has 0 heterocycles. The molecule has 3 rings (SSSR count). The summed E-state index contributed by atoms with van der Waals surface area (Å²) >= 11 is 0. The van der Waals surface area contributed by atoms with Gasteiger partial charge in [-0.1, -0.05) is 55.0 Å². The summed E-state index contributed by atoms with van der Waals surface area (Å²) in [6.45, 7) is 0. The SMILES string of the molecule is N[C@H]1CCCCc2ccc(Cc3ccccc3)cc21. The number of benzene rings is 2. The Balaban J connectivity index is 1.88. The molecular weight excluding hydrogens is 230 g/mol. The molecule has 0 bridgehead atoms.